The van der Waals surface area contributed by atoms with Gasteiger partial charge in [-0.05, 0) is 19.3 Å². The standard InChI is InChI=1S/C23H36O5/c1-3-4-11-15-20(24)16-12-9-7-5-6-8-10-13-17-21(25)22(26)18-14-19-23(27)28-2/h5-10,12-13,16-17,20-22,24-26H,3-4,11,14-15,18-19H2,1-2H3/t20-,21-,22+/m1/s1. The van der Waals surface area contributed by atoms with Gasteiger partial charge in [-0.2, -0.15) is 0 Å². The van der Waals surface area contributed by atoms with Crippen LogP contribution in [0, 0.1) is 0 Å². The second kappa shape index (κ2) is 18.4. The van der Waals surface area contributed by atoms with Crippen molar-refractivity contribution in [1.82, 2.24) is 0 Å². The molecule has 0 spiro atoms. The van der Waals surface area contributed by atoms with Gasteiger partial charge in [-0.25, -0.2) is 0 Å². The molecule has 0 aliphatic rings. The zero-order chi connectivity index (χ0) is 21.0. The minimum atomic E-state index is -0.972. The summed E-state index contributed by atoms with van der Waals surface area (Å²) >= 11 is 0. The number of esters is 1. The van der Waals surface area contributed by atoms with Crippen LogP contribution in [-0.2, 0) is 9.53 Å². The van der Waals surface area contributed by atoms with Crippen LogP contribution in [0.25, 0.3) is 0 Å². The summed E-state index contributed by atoms with van der Waals surface area (Å²) in [5.41, 5.74) is 0. The monoisotopic (exact) mass is 392 g/mol. The number of methoxy groups -OCH3 is 1. The fourth-order valence-corrected chi connectivity index (χ4v) is 2.31. The van der Waals surface area contributed by atoms with Crippen LogP contribution < -0.4 is 0 Å². The van der Waals surface area contributed by atoms with Gasteiger partial charge in [0.1, 0.15) is 0 Å². The predicted octanol–water partition coefficient (Wildman–Crippen LogP) is 3.77. The molecule has 0 aliphatic carbocycles. The van der Waals surface area contributed by atoms with Crippen molar-refractivity contribution >= 4 is 5.97 Å². The summed E-state index contributed by atoms with van der Waals surface area (Å²) in [5, 5.41) is 29.3. The van der Waals surface area contributed by atoms with Crippen molar-refractivity contribution < 1.29 is 24.9 Å². The zero-order valence-electron chi connectivity index (χ0n) is 17.1. The molecule has 5 heteroatoms. The lowest BCUT2D eigenvalue weighted by Gasteiger charge is -2.13. The quantitative estimate of drug-likeness (QED) is 0.224. The molecule has 0 rings (SSSR count). The van der Waals surface area contributed by atoms with Crippen LogP contribution >= 0.6 is 0 Å². The van der Waals surface area contributed by atoms with E-state index in [-0.39, 0.29) is 18.5 Å². The molecule has 28 heavy (non-hydrogen) atoms. The van der Waals surface area contributed by atoms with Gasteiger partial charge in [0.25, 0.3) is 0 Å². The summed E-state index contributed by atoms with van der Waals surface area (Å²) < 4.78 is 4.52. The maximum Gasteiger partial charge on any atom is 0.305 e. The smallest absolute Gasteiger partial charge is 0.305 e. The highest BCUT2D eigenvalue weighted by molar-refractivity contribution is 5.68. The van der Waals surface area contributed by atoms with Gasteiger partial charge in [0.15, 0.2) is 0 Å². The van der Waals surface area contributed by atoms with Gasteiger partial charge in [0.2, 0.25) is 0 Å². The van der Waals surface area contributed by atoms with E-state index in [1.807, 2.05) is 30.4 Å². The van der Waals surface area contributed by atoms with Crippen molar-refractivity contribution in [3.63, 3.8) is 0 Å². The minimum Gasteiger partial charge on any atom is -0.469 e. The molecule has 0 aliphatic heterocycles. The van der Waals surface area contributed by atoms with Crippen LogP contribution in [0.5, 0.6) is 0 Å². The Morgan fingerprint density at radius 1 is 0.821 bits per heavy atom. The number of hydrogen-bond acceptors (Lipinski definition) is 5. The molecule has 0 amide bonds. The molecule has 0 heterocycles. The van der Waals surface area contributed by atoms with E-state index in [1.165, 1.54) is 13.2 Å². The number of aliphatic hydroxyl groups is 3. The number of carbonyl (C=O) groups is 1. The molecule has 0 aromatic carbocycles. The molecule has 0 saturated heterocycles. The van der Waals surface area contributed by atoms with Crippen LogP contribution in [0.15, 0.2) is 60.8 Å². The molecule has 158 valence electrons. The van der Waals surface area contributed by atoms with E-state index in [1.54, 1.807) is 24.3 Å². The third-order valence-electron chi connectivity index (χ3n) is 4.03. The largest absolute Gasteiger partial charge is 0.469 e. The number of rotatable bonds is 15. The Hall–Kier alpha value is -1.95. The third kappa shape index (κ3) is 16.2. The highest BCUT2D eigenvalue weighted by atomic mass is 16.5. The summed E-state index contributed by atoms with van der Waals surface area (Å²) in [6.45, 7) is 2.14. The highest BCUT2D eigenvalue weighted by Crippen LogP contribution is 2.07. The Morgan fingerprint density at radius 2 is 1.39 bits per heavy atom. The maximum atomic E-state index is 11.0. The van der Waals surface area contributed by atoms with E-state index >= 15 is 0 Å². The zero-order valence-corrected chi connectivity index (χ0v) is 17.1. The first-order chi connectivity index (χ1) is 13.5. The normalized spacial score (nSPS) is 16.0. The molecule has 0 aromatic heterocycles. The highest BCUT2D eigenvalue weighted by Gasteiger charge is 2.13. The van der Waals surface area contributed by atoms with Crippen molar-refractivity contribution in [2.45, 2.75) is 70.2 Å². The summed E-state index contributed by atoms with van der Waals surface area (Å²) in [6, 6.07) is 0. The van der Waals surface area contributed by atoms with E-state index < -0.39 is 12.2 Å². The maximum absolute atomic E-state index is 11.0. The van der Waals surface area contributed by atoms with Gasteiger partial charge >= 0.3 is 5.97 Å². The Balaban J connectivity index is 4.00. The molecule has 5 nitrogen and oxygen atoms in total. The molecule has 0 fully saturated rings. The summed E-state index contributed by atoms with van der Waals surface area (Å²) in [5.74, 6) is -0.320. The molecule has 0 bridgehead atoms. The lowest BCUT2D eigenvalue weighted by atomic mass is 10.1. The summed E-state index contributed by atoms with van der Waals surface area (Å²) in [6.07, 6.45) is 20.7. The lowest BCUT2D eigenvalue weighted by Crippen LogP contribution is -2.23. The van der Waals surface area contributed by atoms with E-state index in [9.17, 15) is 20.1 Å². The average Bonchev–Trinajstić information content (AvgIpc) is 2.69. The molecular weight excluding hydrogens is 356 g/mol. The number of ether oxygens (including phenoxy) is 1. The van der Waals surface area contributed by atoms with Gasteiger partial charge in [-0.15, -0.1) is 0 Å². The first kappa shape index (κ1) is 26.1. The van der Waals surface area contributed by atoms with Crippen LogP contribution in [0.3, 0.4) is 0 Å². The van der Waals surface area contributed by atoms with Gasteiger partial charge in [0, 0.05) is 6.42 Å². The molecule has 3 atom stereocenters. The lowest BCUT2D eigenvalue weighted by molar-refractivity contribution is -0.140. The molecule has 3 N–H and O–H groups in total. The molecule has 0 unspecified atom stereocenters. The number of unbranched alkanes of at least 4 members (excludes halogenated alkanes) is 2. The predicted molar refractivity (Wildman–Crippen MR) is 114 cm³/mol. The number of carbonyl (C=O) groups excluding carboxylic acids is 1. The van der Waals surface area contributed by atoms with Crippen molar-refractivity contribution in [2.24, 2.45) is 0 Å². The van der Waals surface area contributed by atoms with Crippen LogP contribution in [0.4, 0.5) is 0 Å². The third-order valence-corrected chi connectivity index (χ3v) is 4.03. The molecular formula is C23H36O5. The van der Waals surface area contributed by atoms with Crippen LogP contribution in [0.2, 0.25) is 0 Å². The van der Waals surface area contributed by atoms with E-state index in [0.29, 0.717) is 12.8 Å². The number of aliphatic hydroxyl groups excluding tert-OH is 3. The second-order valence-corrected chi connectivity index (χ2v) is 6.51. The average molecular weight is 393 g/mol. The van der Waals surface area contributed by atoms with Gasteiger partial charge < -0.3 is 20.1 Å². The van der Waals surface area contributed by atoms with E-state index in [2.05, 4.69) is 11.7 Å². The van der Waals surface area contributed by atoms with Crippen molar-refractivity contribution in [1.29, 1.82) is 0 Å². The van der Waals surface area contributed by atoms with Crippen molar-refractivity contribution in [3.8, 4) is 0 Å². The molecule has 0 saturated carbocycles. The second-order valence-electron chi connectivity index (χ2n) is 6.51. The number of allylic oxidation sites excluding steroid dienone is 8. The van der Waals surface area contributed by atoms with Gasteiger partial charge in [-0.3, -0.25) is 4.79 Å². The van der Waals surface area contributed by atoms with Crippen molar-refractivity contribution in [3.05, 3.63) is 60.8 Å². The van der Waals surface area contributed by atoms with Gasteiger partial charge in [0.05, 0.1) is 25.4 Å². The fraction of sp³-hybridized carbons (Fsp3) is 0.522. The van der Waals surface area contributed by atoms with E-state index in [4.69, 9.17) is 0 Å². The minimum absolute atomic E-state index is 0.231. The Morgan fingerprint density at radius 3 is 1.96 bits per heavy atom. The van der Waals surface area contributed by atoms with Crippen LogP contribution in [-0.4, -0.2) is 46.7 Å². The number of hydrogen-bond donors (Lipinski definition) is 3. The van der Waals surface area contributed by atoms with Crippen LogP contribution in [0.1, 0.15) is 51.9 Å². The Kier molecular flexibility index (Phi) is 17.1. The van der Waals surface area contributed by atoms with Crippen molar-refractivity contribution in [2.75, 3.05) is 7.11 Å². The SMILES string of the molecule is CCCCC[C@@H](O)C=CC=CC=CC=CC=C[C@@H](O)[C@@H](O)CCCC(=O)OC. The first-order valence-electron chi connectivity index (χ1n) is 9.97. The Bertz CT molecular complexity index is 531. The molecule has 0 aromatic rings. The van der Waals surface area contributed by atoms with E-state index in [0.717, 1.165) is 25.7 Å². The summed E-state index contributed by atoms with van der Waals surface area (Å²) in [4.78, 5) is 11.0. The summed E-state index contributed by atoms with van der Waals surface area (Å²) in [7, 11) is 1.32. The fourth-order valence-electron chi connectivity index (χ4n) is 2.31. The Labute approximate surface area is 169 Å². The molecule has 0 radical (unpaired) electrons. The van der Waals surface area contributed by atoms with Gasteiger partial charge in [-0.1, -0.05) is 86.9 Å². The topological polar surface area (TPSA) is 87.0 Å². The first-order valence-corrected chi connectivity index (χ1v) is 9.97.